The summed E-state index contributed by atoms with van der Waals surface area (Å²) in [6.45, 7) is 9.77. The molecule has 0 N–H and O–H groups in total. The SMILES string of the molecule is CC1(C)c2ccccc2-c2c1c1c(c3c2oc2ccccc23)-c2ccc(N(c3ccc4c(c3)C3(c5ccccc5-c5ccccc53)c3cc5c(cc3-4)C3(c4ccccc4-c4ccccc43)c3ccc4oc6ccccc6c4c3-5)c3ccc4c(c3)oc3ccccc34)cc2C1(C)C. The molecule has 4 nitrogen and oxygen atoms in total. The third kappa shape index (κ3) is 5.87. The molecule has 3 heterocycles. The Hall–Kier alpha value is -11.7. The first kappa shape index (κ1) is 51.7. The minimum absolute atomic E-state index is 0.287. The van der Waals surface area contributed by atoms with E-state index in [2.05, 4.69) is 306 Å². The predicted octanol–water partition coefficient (Wildman–Crippen LogP) is 24.2. The van der Waals surface area contributed by atoms with Crippen molar-refractivity contribution < 1.29 is 13.3 Å². The van der Waals surface area contributed by atoms with Crippen molar-refractivity contribution in [3.8, 4) is 66.8 Å². The van der Waals surface area contributed by atoms with E-state index in [-0.39, 0.29) is 5.41 Å². The van der Waals surface area contributed by atoms with E-state index in [9.17, 15) is 0 Å². The van der Waals surface area contributed by atoms with Crippen LogP contribution in [0.2, 0.25) is 0 Å². The molecule has 96 heavy (non-hydrogen) atoms. The monoisotopic (exact) mass is 1220 g/mol. The van der Waals surface area contributed by atoms with E-state index in [4.69, 9.17) is 13.3 Å². The highest BCUT2D eigenvalue weighted by Crippen LogP contribution is 2.70. The van der Waals surface area contributed by atoms with Gasteiger partial charge in [0.1, 0.15) is 33.5 Å². The molecule has 0 amide bonds. The van der Waals surface area contributed by atoms with Crippen molar-refractivity contribution in [1.82, 2.24) is 0 Å². The van der Waals surface area contributed by atoms with E-state index in [1.54, 1.807) is 0 Å². The van der Waals surface area contributed by atoms with Gasteiger partial charge in [-0.15, -0.1) is 0 Å². The molecule has 0 unspecified atom stereocenters. The lowest BCUT2D eigenvalue weighted by atomic mass is 9.68. The molecule has 0 saturated carbocycles. The van der Waals surface area contributed by atoms with Gasteiger partial charge in [0.15, 0.2) is 0 Å². The lowest BCUT2D eigenvalue weighted by Gasteiger charge is -2.33. The number of hydrogen-bond acceptors (Lipinski definition) is 4. The molecule has 23 rings (SSSR count). The molecular weight excluding hydrogens is 1170 g/mol. The summed E-state index contributed by atoms with van der Waals surface area (Å²) in [5, 5.41) is 6.85. The Morgan fingerprint density at radius 2 is 0.656 bits per heavy atom. The van der Waals surface area contributed by atoms with Crippen molar-refractivity contribution >= 4 is 82.9 Å². The van der Waals surface area contributed by atoms with E-state index in [0.29, 0.717) is 0 Å². The van der Waals surface area contributed by atoms with Crippen molar-refractivity contribution in [3.05, 3.63) is 340 Å². The summed E-state index contributed by atoms with van der Waals surface area (Å²) in [5.74, 6) is 0. The van der Waals surface area contributed by atoms with E-state index in [1.165, 1.54) is 144 Å². The van der Waals surface area contributed by atoms with Crippen LogP contribution in [0.3, 0.4) is 0 Å². The standard InChI is InChI=1S/C92H57NO3/c1-89(2)66-29-13-9-26-60(66)85-87(89)86-83(84-63-28-12-20-36-78(63)96-88(84)85)61-42-39-50(45-72(61)90(86,3)4)93(52-38-41-59-58-25-10-18-34-76(58)95-80(59)47-52)51-37-40-57-64-48-75-65(49-74(64)92(73(57)46-51)69-32-16-7-23-55(69)56-24-8-17-33-70(56)92)81-71(43-44-79-82(81)62-27-11-19-35-77(62)94-79)91(75)67-30-14-5-21-53(67)54-22-6-15-31-68(54)91/h5-49H,1-4H3. The molecule has 0 saturated heterocycles. The van der Waals surface area contributed by atoms with Gasteiger partial charge in [-0.1, -0.05) is 222 Å². The molecule has 3 aromatic heterocycles. The van der Waals surface area contributed by atoms with Gasteiger partial charge in [-0.05, 0) is 201 Å². The fraction of sp³-hybridized carbons (Fsp3) is 0.0870. The summed E-state index contributed by atoms with van der Waals surface area (Å²) in [7, 11) is 0. The molecule has 0 radical (unpaired) electrons. The second kappa shape index (κ2) is 17.3. The summed E-state index contributed by atoms with van der Waals surface area (Å²) < 4.78 is 20.8. The summed E-state index contributed by atoms with van der Waals surface area (Å²) >= 11 is 0. The third-order valence-electron chi connectivity index (χ3n) is 23.8. The molecule has 0 aliphatic heterocycles. The zero-order valence-electron chi connectivity index (χ0n) is 53.2. The average molecular weight is 1220 g/mol. The molecule has 0 fully saturated rings. The second-order valence-corrected chi connectivity index (χ2v) is 28.8. The van der Waals surface area contributed by atoms with Gasteiger partial charge in [0.25, 0.3) is 0 Å². The summed E-state index contributed by atoms with van der Waals surface area (Å²) in [6, 6.07) is 103. The molecule has 14 aromatic carbocycles. The lowest BCUT2D eigenvalue weighted by Crippen LogP contribution is -2.27. The van der Waals surface area contributed by atoms with Crippen LogP contribution in [0.5, 0.6) is 0 Å². The molecule has 6 aliphatic rings. The highest BCUT2D eigenvalue weighted by molar-refractivity contribution is 6.22. The van der Waals surface area contributed by atoms with E-state index >= 15 is 0 Å². The number of rotatable bonds is 3. The van der Waals surface area contributed by atoms with Crippen molar-refractivity contribution in [1.29, 1.82) is 0 Å². The van der Waals surface area contributed by atoms with Crippen molar-refractivity contribution in [2.75, 3.05) is 4.90 Å². The molecule has 0 atom stereocenters. The Balaban J connectivity index is 0.805. The van der Waals surface area contributed by atoms with E-state index in [1.807, 2.05) is 0 Å². The van der Waals surface area contributed by atoms with Crippen LogP contribution in [0.4, 0.5) is 17.1 Å². The second-order valence-electron chi connectivity index (χ2n) is 28.8. The average Bonchev–Trinajstić information content (AvgIpc) is 1.51. The van der Waals surface area contributed by atoms with Crippen molar-refractivity contribution in [2.45, 2.75) is 49.4 Å². The van der Waals surface area contributed by atoms with Crippen molar-refractivity contribution in [2.24, 2.45) is 0 Å². The quantitative estimate of drug-likeness (QED) is 0.177. The van der Waals surface area contributed by atoms with Gasteiger partial charge in [-0.2, -0.15) is 0 Å². The first-order chi connectivity index (χ1) is 47.1. The maximum absolute atomic E-state index is 7.13. The molecule has 0 bridgehead atoms. The van der Waals surface area contributed by atoms with Crippen LogP contribution >= 0.6 is 0 Å². The highest BCUT2D eigenvalue weighted by atomic mass is 16.3. The fourth-order valence-corrected chi connectivity index (χ4v) is 20.2. The maximum Gasteiger partial charge on any atom is 0.144 e. The fourth-order valence-electron chi connectivity index (χ4n) is 20.2. The van der Waals surface area contributed by atoms with Gasteiger partial charge in [0, 0.05) is 71.8 Å². The molecule has 4 heteroatoms. The van der Waals surface area contributed by atoms with Gasteiger partial charge in [-0.3, -0.25) is 0 Å². The van der Waals surface area contributed by atoms with Gasteiger partial charge in [-0.25, -0.2) is 0 Å². The highest BCUT2D eigenvalue weighted by Gasteiger charge is 2.57. The third-order valence-corrected chi connectivity index (χ3v) is 23.8. The van der Waals surface area contributed by atoms with Gasteiger partial charge < -0.3 is 18.2 Å². The number of hydrogen-bond donors (Lipinski definition) is 0. The van der Waals surface area contributed by atoms with Crippen LogP contribution in [-0.2, 0) is 21.7 Å². The van der Waals surface area contributed by atoms with E-state index in [0.717, 1.165) is 72.1 Å². The van der Waals surface area contributed by atoms with Crippen LogP contribution in [0.15, 0.2) is 286 Å². The zero-order chi connectivity index (χ0) is 63.0. The predicted molar refractivity (Wildman–Crippen MR) is 391 cm³/mol. The number of benzene rings is 14. The van der Waals surface area contributed by atoms with Crippen LogP contribution in [0.25, 0.3) is 133 Å². The van der Waals surface area contributed by atoms with Crippen LogP contribution in [-0.4, -0.2) is 0 Å². The lowest BCUT2D eigenvalue weighted by molar-refractivity contribution is 0.600. The molecule has 448 valence electrons. The Bertz CT molecular complexity index is 6400. The number of anilines is 3. The molecular formula is C92H57NO3. The first-order valence-corrected chi connectivity index (χ1v) is 33.8. The topological polar surface area (TPSA) is 42.7 Å². The van der Waals surface area contributed by atoms with Crippen LogP contribution in [0.1, 0.15) is 94.5 Å². The van der Waals surface area contributed by atoms with E-state index < -0.39 is 16.2 Å². The van der Waals surface area contributed by atoms with Gasteiger partial charge >= 0.3 is 0 Å². The Kier molecular flexibility index (Phi) is 9.35. The minimum Gasteiger partial charge on any atom is -0.456 e. The Morgan fingerprint density at radius 3 is 1.31 bits per heavy atom. The first-order valence-electron chi connectivity index (χ1n) is 33.8. The molecule has 2 spiro atoms. The normalized spacial score (nSPS) is 15.6. The summed E-state index contributed by atoms with van der Waals surface area (Å²) in [5.41, 5.74) is 37.4. The zero-order valence-corrected chi connectivity index (χ0v) is 53.2. The number of nitrogens with zero attached hydrogens (tertiary/aromatic N) is 1. The minimum atomic E-state index is -0.712. The summed E-state index contributed by atoms with van der Waals surface area (Å²) in [6.07, 6.45) is 0. The van der Waals surface area contributed by atoms with Gasteiger partial charge in [0.05, 0.1) is 10.8 Å². The maximum atomic E-state index is 7.13. The Labute approximate surface area is 553 Å². The number of para-hydroxylation sites is 3. The van der Waals surface area contributed by atoms with Crippen molar-refractivity contribution in [3.63, 3.8) is 0 Å². The van der Waals surface area contributed by atoms with Gasteiger partial charge in [0.2, 0.25) is 0 Å². The molecule has 6 aliphatic carbocycles. The molecule has 17 aromatic rings. The smallest absolute Gasteiger partial charge is 0.144 e. The number of fused-ring (bicyclic) bond motifs is 39. The number of furan rings is 3. The Morgan fingerprint density at radius 1 is 0.240 bits per heavy atom. The van der Waals surface area contributed by atoms with Crippen LogP contribution < -0.4 is 4.90 Å². The summed E-state index contributed by atoms with van der Waals surface area (Å²) in [4.78, 5) is 2.51. The van der Waals surface area contributed by atoms with Crippen LogP contribution in [0, 0.1) is 0 Å². The largest absolute Gasteiger partial charge is 0.456 e.